The highest BCUT2D eigenvalue weighted by atomic mass is 16.3. The number of aliphatic hydroxyl groups is 2. The molecule has 4 aliphatic rings. The summed E-state index contributed by atoms with van der Waals surface area (Å²) < 4.78 is 0. The number of amides is 1. The van der Waals surface area contributed by atoms with E-state index in [1.54, 1.807) is 13.1 Å². The molecule has 2 bridgehead atoms. The van der Waals surface area contributed by atoms with Crippen LogP contribution in [0.15, 0.2) is 24.4 Å². The van der Waals surface area contributed by atoms with Crippen LogP contribution in [0.4, 0.5) is 17.6 Å². The predicted molar refractivity (Wildman–Crippen MR) is 155 cm³/mol. The molecular formula is C30H38N8O3. The maximum Gasteiger partial charge on any atom is 0.237 e. The molecule has 0 saturated carbocycles. The number of fused-ring (bicyclic) bond motifs is 4. The van der Waals surface area contributed by atoms with E-state index in [4.69, 9.17) is 15.0 Å². The van der Waals surface area contributed by atoms with E-state index >= 15 is 0 Å². The Hall–Kier alpha value is -3.41. The van der Waals surface area contributed by atoms with Gasteiger partial charge in [0.25, 0.3) is 0 Å². The van der Waals surface area contributed by atoms with Crippen molar-refractivity contribution >= 4 is 34.4 Å². The molecular weight excluding hydrogens is 520 g/mol. The van der Waals surface area contributed by atoms with E-state index in [9.17, 15) is 15.0 Å². The molecule has 0 aromatic carbocycles. The molecule has 3 N–H and O–H groups in total. The number of likely N-dealkylation sites (tertiary alicyclic amines) is 1. The molecule has 3 aromatic heterocycles. The fourth-order valence-corrected chi connectivity index (χ4v) is 6.94. The highest BCUT2D eigenvalue weighted by Crippen LogP contribution is 2.42. The molecule has 3 aromatic rings. The largest absolute Gasteiger partial charge is 0.393 e. The van der Waals surface area contributed by atoms with Gasteiger partial charge in [-0.15, -0.1) is 0 Å². The number of aromatic nitrogens is 4. The first-order valence-corrected chi connectivity index (χ1v) is 15.0. The Morgan fingerprint density at radius 3 is 2.54 bits per heavy atom. The average Bonchev–Trinajstić information content (AvgIpc) is 3.58. The second kappa shape index (κ2) is 10.8. The van der Waals surface area contributed by atoms with Gasteiger partial charge in [0.1, 0.15) is 11.3 Å². The number of pyridine rings is 2. The molecule has 3 fully saturated rings. The van der Waals surface area contributed by atoms with Gasteiger partial charge in [-0.1, -0.05) is 6.07 Å². The first kappa shape index (κ1) is 26.5. The van der Waals surface area contributed by atoms with Gasteiger partial charge in [-0.05, 0) is 63.1 Å². The Labute approximate surface area is 239 Å². The lowest BCUT2D eigenvalue weighted by Crippen LogP contribution is -2.45. The molecule has 1 unspecified atom stereocenters. The molecule has 0 aliphatic carbocycles. The average molecular weight is 559 g/mol. The summed E-state index contributed by atoms with van der Waals surface area (Å²) in [5.41, 5.74) is 3.48. The summed E-state index contributed by atoms with van der Waals surface area (Å²) in [5.74, 6) is 2.11. The lowest BCUT2D eigenvalue weighted by atomic mass is 10.0. The topological polar surface area (TPSA) is 131 Å². The zero-order valence-electron chi connectivity index (χ0n) is 23.5. The van der Waals surface area contributed by atoms with Gasteiger partial charge < -0.3 is 25.3 Å². The van der Waals surface area contributed by atoms with Crippen molar-refractivity contribution < 1.29 is 15.0 Å². The van der Waals surface area contributed by atoms with Gasteiger partial charge in [-0.25, -0.2) is 19.9 Å². The molecule has 41 heavy (non-hydrogen) atoms. The van der Waals surface area contributed by atoms with Crippen LogP contribution in [0.25, 0.3) is 10.9 Å². The van der Waals surface area contributed by atoms with Gasteiger partial charge >= 0.3 is 0 Å². The molecule has 11 heteroatoms. The van der Waals surface area contributed by atoms with Gasteiger partial charge in [-0.2, -0.15) is 0 Å². The van der Waals surface area contributed by atoms with E-state index in [2.05, 4.69) is 20.1 Å². The van der Waals surface area contributed by atoms with Gasteiger partial charge in [0, 0.05) is 62.0 Å². The lowest BCUT2D eigenvalue weighted by Gasteiger charge is -2.33. The van der Waals surface area contributed by atoms with Crippen molar-refractivity contribution in [3.63, 3.8) is 0 Å². The van der Waals surface area contributed by atoms with Crippen LogP contribution in [0, 0.1) is 0 Å². The third kappa shape index (κ3) is 5.22. The van der Waals surface area contributed by atoms with Gasteiger partial charge in [-0.3, -0.25) is 9.69 Å². The van der Waals surface area contributed by atoms with Crippen molar-refractivity contribution in [2.75, 3.05) is 36.4 Å². The normalized spacial score (nSPS) is 23.7. The Morgan fingerprint density at radius 1 is 1.05 bits per heavy atom. The molecule has 0 radical (unpaired) electrons. The maximum atomic E-state index is 12.9. The van der Waals surface area contributed by atoms with Crippen LogP contribution in [-0.2, 0) is 17.8 Å². The summed E-state index contributed by atoms with van der Waals surface area (Å²) >= 11 is 0. The van der Waals surface area contributed by atoms with E-state index in [-0.39, 0.29) is 12.0 Å². The van der Waals surface area contributed by atoms with E-state index in [1.807, 2.05) is 23.1 Å². The number of rotatable bonds is 6. The molecule has 3 saturated heterocycles. The second-order valence-corrected chi connectivity index (χ2v) is 12.0. The molecule has 216 valence electrons. The van der Waals surface area contributed by atoms with Crippen LogP contribution >= 0.6 is 0 Å². The number of piperidine rings is 1. The van der Waals surface area contributed by atoms with E-state index in [0.29, 0.717) is 55.6 Å². The van der Waals surface area contributed by atoms with Crippen LogP contribution in [0.3, 0.4) is 0 Å². The molecule has 1 amide bonds. The van der Waals surface area contributed by atoms with Crippen LogP contribution in [0.1, 0.15) is 68.5 Å². The fourth-order valence-electron chi connectivity index (χ4n) is 6.94. The van der Waals surface area contributed by atoms with Crippen molar-refractivity contribution in [2.24, 2.45) is 0 Å². The van der Waals surface area contributed by atoms with Gasteiger partial charge in [0.05, 0.1) is 24.4 Å². The summed E-state index contributed by atoms with van der Waals surface area (Å²) in [7, 11) is 0. The highest BCUT2D eigenvalue weighted by Gasteiger charge is 2.41. The monoisotopic (exact) mass is 558 g/mol. The Bertz CT molecular complexity index is 1440. The summed E-state index contributed by atoms with van der Waals surface area (Å²) in [4.78, 5) is 38.6. The van der Waals surface area contributed by atoms with Crippen LogP contribution < -0.4 is 10.2 Å². The molecule has 11 nitrogen and oxygen atoms in total. The number of carbonyl (C=O) groups excluding carboxylic acids is 1. The highest BCUT2D eigenvalue weighted by molar-refractivity contribution is 5.90. The minimum atomic E-state index is -0.666. The first-order valence-electron chi connectivity index (χ1n) is 15.0. The number of anilines is 3. The van der Waals surface area contributed by atoms with Gasteiger partial charge in [0.2, 0.25) is 11.9 Å². The predicted octanol–water partition coefficient (Wildman–Crippen LogP) is 2.69. The Morgan fingerprint density at radius 2 is 1.80 bits per heavy atom. The lowest BCUT2D eigenvalue weighted by molar-refractivity contribution is -0.133. The fraction of sp³-hybridized carbons (Fsp3) is 0.567. The minimum Gasteiger partial charge on any atom is -0.393 e. The molecule has 4 aliphatic heterocycles. The summed E-state index contributed by atoms with van der Waals surface area (Å²) in [5, 5.41) is 24.2. The SMILES string of the molecule is CC(O)c1cc2cnc(Nc3ccc4c(n3)CCN(C(=O)CN3CCC(O)CC3)C4)nc2c(N2C3CCC2CC3)n1. The van der Waals surface area contributed by atoms with Crippen molar-refractivity contribution in [1.82, 2.24) is 29.7 Å². The Kier molecular flexibility index (Phi) is 6.96. The standard InChI is InChI=1S/C30H38N8O3/c1-18(39)25-14-20-15-31-30(35-28(20)29(33-25)38-21-3-4-22(38)6-5-21)34-26-7-2-19-16-37(13-10-24(19)32-26)27(41)17-36-11-8-23(40)9-12-36/h2,7,14-15,18,21-23,39-40H,3-6,8-13,16-17H2,1H3,(H,31,32,34,35). The molecule has 7 rings (SSSR count). The van der Waals surface area contributed by atoms with Crippen LogP contribution in [-0.4, -0.2) is 90.2 Å². The summed E-state index contributed by atoms with van der Waals surface area (Å²) in [6.07, 6.45) is 7.75. The van der Waals surface area contributed by atoms with E-state index < -0.39 is 6.10 Å². The quantitative estimate of drug-likeness (QED) is 0.415. The Balaban J connectivity index is 1.08. The molecule has 1 atom stereocenters. The van der Waals surface area contributed by atoms with Crippen molar-refractivity contribution in [3.05, 3.63) is 41.3 Å². The minimum absolute atomic E-state index is 0.133. The van der Waals surface area contributed by atoms with Crippen LogP contribution in [0.2, 0.25) is 0 Å². The van der Waals surface area contributed by atoms with Crippen molar-refractivity contribution in [1.29, 1.82) is 0 Å². The number of nitrogens with zero attached hydrogens (tertiary/aromatic N) is 7. The third-order valence-corrected chi connectivity index (χ3v) is 9.25. The van der Waals surface area contributed by atoms with Crippen molar-refractivity contribution in [3.8, 4) is 0 Å². The number of hydrogen-bond donors (Lipinski definition) is 3. The number of carbonyl (C=O) groups is 1. The summed E-state index contributed by atoms with van der Waals surface area (Å²) in [6.45, 7) is 4.88. The first-order chi connectivity index (χ1) is 19.9. The molecule has 7 heterocycles. The number of aliphatic hydroxyl groups excluding tert-OH is 2. The van der Waals surface area contributed by atoms with Crippen LogP contribution in [0.5, 0.6) is 0 Å². The summed E-state index contributed by atoms with van der Waals surface area (Å²) in [6, 6.07) is 6.79. The zero-order valence-corrected chi connectivity index (χ0v) is 23.5. The maximum absolute atomic E-state index is 12.9. The smallest absolute Gasteiger partial charge is 0.237 e. The third-order valence-electron chi connectivity index (χ3n) is 9.25. The van der Waals surface area contributed by atoms with Crippen molar-refractivity contribution in [2.45, 2.75) is 82.7 Å². The second-order valence-electron chi connectivity index (χ2n) is 12.0. The molecule has 0 spiro atoms. The number of nitrogens with one attached hydrogen (secondary N) is 1. The number of hydrogen-bond acceptors (Lipinski definition) is 10. The van der Waals surface area contributed by atoms with Gasteiger partial charge in [0.15, 0.2) is 5.82 Å². The zero-order chi connectivity index (χ0) is 28.1. The van der Waals surface area contributed by atoms with E-state index in [1.165, 1.54) is 25.7 Å². The van der Waals surface area contributed by atoms with E-state index in [0.717, 1.165) is 53.9 Å².